The largest absolute Gasteiger partial charge is 0.370 e. The second-order valence-corrected chi connectivity index (χ2v) is 13.6. The average Bonchev–Trinajstić information content (AvgIpc) is 3.36. The van der Waals surface area contributed by atoms with Gasteiger partial charge in [-0.05, 0) is 62.1 Å². The van der Waals surface area contributed by atoms with Crippen LogP contribution in [0.2, 0.25) is 0 Å². The van der Waals surface area contributed by atoms with Crippen LogP contribution in [0.4, 0.5) is 0 Å². The molecule has 11 heteroatoms. The van der Waals surface area contributed by atoms with E-state index < -0.39 is 23.9 Å². The Labute approximate surface area is 292 Å². The summed E-state index contributed by atoms with van der Waals surface area (Å²) in [6.07, 6.45) is 2.89. The highest BCUT2D eigenvalue weighted by Crippen LogP contribution is 2.21. The molecule has 0 saturated carbocycles. The lowest BCUT2D eigenvalue weighted by atomic mass is 9.87. The molecule has 7 N–H and O–H groups in total. The van der Waals surface area contributed by atoms with Gasteiger partial charge in [0.05, 0.1) is 12.1 Å². The summed E-state index contributed by atoms with van der Waals surface area (Å²) in [5.41, 5.74) is 20.1. The molecular weight excluding hydrogens is 618 g/mol. The Morgan fingerprint density at radius 2 is 1.39 bits per heavy atom. The Kier molecular flexibility index (Phi) is 16.4. The third-order valence-electron chi connectivity index (χ3n) is 9.18. The molecule has 0 aliphatic carbocycles. The molecule has 2 aromatic rings. The Hall–Kier alpha value is -4.09. The van der Waals surface area contributed by atoms with Crippen LogP contribution in [-0.4, -0.2) is 91.0 Å². The van der Waals surface area contributed by atoms with E-state index in [1.165, 1.54) is 0 Å². The Morgan fingerprint density at radius 1 is 0.816 bits per heavy atom. The molecule has 1 aliphatic heterocycles. The maximum atomic E-state index is 14.0. The highest BCUT2D eigenvalue weighted by molar-refractivity contribution is 5.95. The molecule has 2 aromatic carbocycles. The number of nitrogens with zero attached hydrogens (tertiary/aromatic N) is 3. The zero-order chi connectivity index (χ0) is 35.8. The fourth-order valence-corrected chi connectivity index (χ4v) is 6.39. The van der Waals surface area contributed by atoms with Crippen molar-refractivity contribution in [1.82, 2.24) is 15.1 Å². The quantitative estimate of drug-likeness (QED) is 0.138. The zero-order valence-electron chi connectivity index (χ0n) is 29.6. The summed E-state index contributed by atoms with van der Waals surface area (Å²) >= 11 is 0. The van der Waals surface area contributed by atoms with Crippen LogP contribution in [0.1, 0.15) is 63.5 Å². The van der Waals surface area contributed by atoms with Gasteiger partial charge in [0.15, 0.2) is 17.5 Å². The second kappa shape index (κ2) is 20.4. The number of hydrogen-bond acceptors (Lipinski definition) is 7. The Bertz CT molecular complexity index is 1370. The number of amides is 2. The lowest BCUT2D eigenvalue weighted by molar-refractivity contribution is -0.139. The van der Waals surface area contributed by atoms with Crippen LogP contribution in [0, 0.1) is 17.8 Å². The number of benzene rings is 2. The molecule has 268 valence electrons. The normalized spacial score (nSPS) is 16.4. The molecule has 4 atom stereocenters. The fourth-order valence-electron chi connectivity index (χ4n) is 6.39. The van der Waals surface area contributed by atoms with Crippen molar-refractivity contribution in [2.24, 2.45) is 39.9 Å². The zero-order valence-corrected chi connectivity index (χ0v) is 29.6. The van der Waals surface area contributed by atoms with Crippen molar-refractivity contribution in [2.45, 2.75) is 77.3 Å². The molecule has 0 aromatic heterocycles. The van der Waals surface area contributed by atoms with E-state index in [0.717, 1.165) is 17.5 Å². The predicted octanol–water partition coefficient (Wildman–Crippen LogP) is 2.70. The van der Waals surface area contributed by atoms with Crippen LogP contribution in [0.15, 0.2) is 65.7 Å². The van der Waals surface area contributed by atoms with Crippen molar-refractivity contribution in [3.8, 4) is 0 Å². The van der Waals surface area contributed by atoms with Crippen molar-refractivity contribution in [3.05, 3.63) is 71.8 Å². The van der Waals surface area contributed by atoms with Crippen molar-refractivity contribution < 1.29 is 19.2 Å². The number of carbonyl (C=O) groups excluding carboxylic acids is 4. The van der Waals surface area contributed by atoms with E-state index in [9.17, 15) is 19.2 Å². The number of guanidine groups is 1. The number of Topliss-reactive ketones (excluding diaryl/α,β-unsaturated/α-hetero) is 2. The molecule has 0 radical (unpaired) electrons. The van der Waals surface area contributed by atoms with E-state index >= 15 is 0 Å². The Balaban J connectivity index is 1.76. The summed E-state index contributed by atoms with van der Waals surface area (Å²) in [4.78, 5) is 63.1. The molecule has 0 spiro atoms. The van der Waals surface area contributed by atoms with Crippen molar-refractivity contribution >= 4 is 29.3 Å². The number of nitrogens with one attached hydrogen (secondary N) is 1. The predicted molar refractivity (Wildman–Crippen MR) is 194 cm³/mol. The number of rotatable bonds is 18. The first kappa shape index (κ1) is 39.3. The third kappa shape index (κ3) is 13.0. The minimum atomic E-state index is -0.799. The van der Waals surface area contributed by atoms with Gasteiger partial charge in [-0.25, -0.2) is 0 Å². The van der Waals surface area contributed by atoms with E-state index in [0.29, 0.717) is 70.8 Å². The van der Waals surface area contributed by atoms with Gasteiger partial charge >= 0.3 is 0 Å². The number of ketones is 2. The first-order chi connectivity index (χ1) is 23.5. The van der Waals surface area contributed by atoms with Crippen LogP contribution < -0.4 is 22.5 Å². The molecule has 1 heterocycles. The number of nitrogens with two attached hydrogens (primary N) is 3. The molecule has 49 heavy (non-hydrogen) atoms. The number of aliphatic imine (C=N–C) groups is 1. The molecule has 2 amide bonds. The molecule has 0 bridgehead atoms. The van der Waals surface area contributed by atoms with Gasteiger partial charge in [-0.1, -0.05) is 74.5 Å². The lowest BCUT2D eigenvalue weighted by Crippen LogP contribution is -2.47. The van der Waals surface area contributed by atoms with E-state index in [-0.39, 0.29) is 42.1 Å². The molecule has 0 unspecified atom stereocenters. The molecular formula is C38H57N7O4. The van der Waals surface area contributed by atoms with Crippen LogP contribution in [-0.2, 0) is 32.0 Å². The summed E-state index contributed by atoms with van der Waals surface area (Å²) in [5.74, 6) is -1.56. The van der Waals surface area contributed by atoms with E-state index in [2.05, 4.69) is 10.3 Å². The fraction of sp³-hybridized carbons (Fsp3) is 0.553. The van der Waals surface area contributed by atoms with Gasteiger partial charge < -0.3 is 32.3 Å². The average molecular weight is 676 g/mol. The van der Waals surface area contributed by atoms with Crippen LogP contribution in [0.3, 0.4) is 0 Å². The highest BCUT2D eigenvalue weighted by atomic mass is 16.2. The van der Waals surface area contributed by atoms with Crippen LogP contribution in [0.5, 0.6) is 0 Å². The first-order valence-electron chi connectivity index (χ1n) is 17.7. The third-order valence-corrected chi connectivity index (χ3v) is 9.18. The van der Waals surface area contributed by atoms with Gasteiger partial charge in [0.1, 0.15) is 0 Å². The molecule has 1 aliphatic rings. The van der Waals surface area contributed by atoms with Crippen molar-refractivity contribution in [2.75, 3.05) is 39.8 Å². The number of hydrogen-bond donors (Lipinski definition) is 4. The standard InChI is InChI=1S/C38H57N7O4/c1-27(2)22-33(35(47)25-30(16-10-17-39)37(49)44-18-11-19-45(21-20-44)38(41)42-3)43-36(48)31(23-28-12-6-4-7-13-28)26-34(46)32(40)24-29-14-8-5-9-15-29/h4-9,12-15,27,30-33H,10-11,16-26,39-40H2,1-3H3,(H2,41,42)(H,43,48)/t30-,31-,32+,33+/m0/s1. The van der Waals surface area contributed by atoms with E-state index in [4.69, 9.17) is 17.2 Å². The molecule has 11 nitrogen and oxygen atoms in total. The van der Waals surface area contributed by atoms with Crippen LogP contribution >= 0.6 is 0 Å². The second-order valence-electron chi connectivity index (χ2n) is 13.6. The summed E-state index contributed by atoms with van der Waals surface area (Å²) in [6, 6.07) is 17.5. The van der Waals surface area contributed by atoms with Gasteiger partial charge in [-0.15, -0.1) is 0 Å². The SMILES string of the molecule is CN=C(N)N1CCCN(C(=O)[C@@H](CCCN)CC(=O)[C@@H](CC(C)C)NC(=O)[C@H](CC(=O)[C@H](N)Cc2ccccc2)Cc2ccccc2)CC1. The maximum Gasteiger partial charge on any atom is 0.226 e. The molecule has 1 saturated heterocycles. The van der Waals surface area contributed by atoms with Crippen molar-refractivity contribution in [3.63, 3.8) is 0 Å². The lowest BCUT2D eigenvalue weighted by Gasteiger charge is -2.28. The number of carbonyl (C=O) groups is 4. The van der Waals surface area contributed by atoms with E-state index in [1.54, 1.807) is 7.05 Å². The maximum absolute atomic E-state index is 14.0. The summed E-state index contributed by atoms with van der Waals surface area (Å²) < 4.78 is 0. The van der Waals surface area contributed by atoms with Crippen LogP contribution in [0.25, 0.3) is 0 Å². The van der Waals surface area contributed by atoms with Gasteiger partial charge in [-0.2, -0.15) is 0 Å². The van der Waals surface area contributed by atoms with Gasteiger partial charge in [0, 0.05) is 57.9 Å². The summed E-state index contributed by atoms with van der Waals surface area (Å²) in [7, 11) is 1.65. The minimum Gasteiger partial charge on any atom is -0.370 e. The Morgan fingerprint density at radius 3 is 1.98 bits per heavy atom. The summed E-state index contributed by atoms with van der Waals surface area (Å²) in [6.45, 7) is 6.70. The summed E-state index contributed by atoms with van der Waals surface area (Å²) in [5, 5.41) is 3.01. The molecule has 1 fully saturated rings. The molecule has 3 rings (SSSR count). The van der Waals surface area contributed by atoms with Crippen molar-refractivity contribution in [1.29, 1.82) is 0 Å². The van der Waals surface area contributed by atoms with Gasteiger partial charge in [-0.3, -0.25) is 24.2 Å². The monoisotopic (exact) mass is 675 g/mol. The topological polar surface area (TPSA) is 177 Å². The smallest absolute Gasteiger partial charge is 0.226 e. The van der Waals surface area contributed by atoms with Gasteiger partial charge in [0.25, 0.3) is 0 Å². The first-order valence-corrected chi connectivity index (χ1v) is 17.7. The minimum absolute atomic E-state index is 0.000492. The highest BCUT2D eigenvalue weighted by Gasteiger charge is 2.33. The van der Waals surface area contributed by atoms with Gasteiger partial charge in [0.2, 0.25) is 11.8 Å². The van der Waals surface area contributed by atoms with E-state index in [1.807, 2.05) is 84.3 Å².